The third-order valence-electron chi connectivity index (χ3n) is 3.46. The number of hydrogen-bond acceptors (Lipinski definition) is 4. The minimum absolute atomic E-state index is 0.104. The second-order valence-electron chi connectivity index (χ2n) is 5.11. The summed E-state index contributed by atoms with van der Waals surface area (Å²) < 4.78 is 17.4. The largest absolute Gasteiger partial charge is 0.377 e. The number of anilines is 1. The summed E-state index contributed by atoms with van der Waals surface area (Å²) in [6.07, 6.45) is 2.37. The lowest BCUT2D eigenvalue weighted by molar-refractivity contribution is -0.115. The van der Waals surface area contributed by atoms with Gasteiger partial charge in [0.1, 0.15) is 0 Å². The van der Waals surface area contributed by atoms with Crippen molar-refractivity contribution in [2.24, 2.45) is 5.73 Å². The zero-order valence-corrected chi connectivity index (χ0v) is 12.9. The summed E-state index contributed by atoms with van der Waals surface area (Å²) in [6, 6.07) is 7.44. The van der Waals surface area contributed by atoms with E-state index in [9.17, 15) is 9.00 Å². The molecule has 0 radical (unpaired) electrons. The maximum absolute atomic E-state index is 11.9. The summed E-state index contributed by atoms with van der Waals surface area (Å²) in [4.78, 5) is 11.9. The van der Waals surface area contributed by atoms with Crippen LogP contribution in [0.5, 0.6) is 0 Å². The van der Waals surface area contributed by atoms with Crippen LogP contribution in [0, 0.1) is 0 Å². The van der Waals surface area contributed by atoms with E-state index in [0.29, 0.717) is 18.1 Å². The minimum Gasteiger partial charge on any atom is -0.377 e. The van der Waals surface area contributed by atoms with Gasteiger partial charge in [-0.3, -0.25) is 9.00 Å². The van der Waals surface area contributed by atoms with E-state index in [1.807, 2.05) is 24.3 Å². The molecule has 21 heavy (non-hydrogen) atoms. The summed E-state index contributed by atoms with van der Waals surface area (Å²) in [5.41, 5.74) is 7.25. The van der Waals surface area contributed by atoms with E-state index in [1.54, 1.807) is 0 Å². The number of nitrogens with one attached hydrogen (secondary N) is 1. The average Bonchev–Trinajstić information content (AvgIpc) is 2.98. The van der Waals surface area contributed by atoms with Crippen molar-refractivity contribution in [2.45, 2.75) is 31.9 Å². The van der Waals surface area contributed by atoms with Gasteiger partial charge in [0.05, 0.1) is 6.10 Å². The first kappa shape index (κ1) is 16.1. The van der Waals surface area contributed by atoms with Crippen molar-refractivity contribution >= 4 is 22.4 Å². The number of nitrogens with two attached hydrogens (primary N) is 1. The van der Waals surface area contributed by atoms with Crippen LogP contribution < -0.4 is 11.1 Å². The van der Waals surface area contributed by atoms with Crippen molar-refractivity contribution in [2.75, 3.05) is 23.4 Å². The Morgan fingerprint density at radius 2 is 2.24 bits per heavy atom. The molecule has 2 atom stereocenters. The third kappa shape index (κ3) is 5.22. The Balaban J connectivity index is 1.75. The summed E-state index contributed by atoms with van der Waals surface area (Å²) in [7, 11) is -1.01. The zero-order chi connectivity index (χ0) is 15.1. The summed E-state index contributed by atoms with van der Waals surface area (Å²) in [5.74, 6) is 0.778. The summed E-state index contributed by atoms with van der Waals surface area (Å²) in [6.45, 7) is 1.14. The first-order valence-electron chi connectivity index (χ1n) is 7.23. The van der Waals surface area contributed by atoms with E-state index < -0.39 is 10.8 Å². The minimum atomic E-state index is -1.01. The van der Waals surface area contributed by atoms with Crippen LogP contribution in [0.25, 0.3) is 0 Å². The van der Waals surface area contributed by atoms with E-state index in [1.165, 1.54) is 0 Å². The Morgan fingerprint density at radius 1 is 1.43 bits per heavy atom. The van der Waals surface area contributed by atoms with Gasteiger partial charge in [-0.2, -0.15) is 0 Å². The molecule has 3 N–H and O–H groups in total. The Bertz CT molecular complexity index is 501. The maximum Gasteiger partial charge on any atom is 0.225 e. The van der Waals surface area contributed by atoms with Crippen LogP contribution in [-0.2, 0) is 26.9 Å². The number of hydrogen-bond donors (Lipinski definition) is 2. The molecule has 0 bridgehead atoms. The first-order valence-corrected chi connectivity index (χ1v) is 8.72. The Labute approximate surface area is 127 Å². The third-order valence-corrected chi connectivity index (χ3v) is 4.87. The van der Waals surface area contributed by atoms with E-state index in [2.05, 4.69) is 5.32 Å². The van der Waals surface area contributed by atoms with Crippen molar-refractivity contribution in [1.82, 2.24) is 0 Å². The average molecular weight is 310 g/mol. The topological polar surface area (TPSA) is 81.4 Å². The van der Waals surface area contributed by atoms with Gasteiger partial charge in [0.15, 0.2) is 0 Å². The molecule has 116 valence electrons. The smallest absolute Gasteiger partial charge is 0.225 e. The number of benzene rings is 1. The van der Waals surface area contributed by atoms with Gasteiger partial charge >= 0.3 is 0 Å². The molecule has 1 amide bonds. The number of rotatable bonds is 7. The highest BCUT2D eigenvalue weighted by Crippen LogP contribution is 2.15. The first-order chi connectivity index (χ1) is 10.2. The molecule has 2 rings (SSSR count). The van der Waals surface area contributed by atoms with Crippen LogP contribution in [0.4, 0.5) is 5.69 Å². The van der Waals surface area contributed by atoms with Crippen LogP contribution in [0.1, 0.15) is 24.8 Å². The van der Waals surface area contributed by atoms with E-state index in [4.69, 9.17) is 10.5 Å². The molecule has 1 aromatic rings. The van der Waals surface area contributed by atoms with E-state index in [0.717, 1.165) is 30.7 Å². The summed E-state index contributed by atoms with van der Waals surface area (Å²) in [5, 5.41) is 2.83. The predicted octanol–water partition coefficient (Wildman–Crippen LogP) is 1.40. The summed E-state index contributed by atoms with van der Waals surface area (Å²) >= 11 is 0. The van der Waals surface area contributed by atoms with Gasteiger partial charge in [0.2, 0.25) is 5.91 Å². The quantitative estimate of drug-likeness (QED) is 0.797. The van der Waals surface area contributed by atoms with Crippen molar-refractivity contribution in [3.63, 3.8) is 0 Å². The Morgan fingerprint density at radius 3 is 2.95 bits per heavy atom. The molecule has 0 aliphatic carbocycles. The van der Waals surface area contributed by atoms with Gasteiger partial charge in [-0.1, -0.05) is 18.2 Å². The molecule has 1 aromatic carbocycles. The standard InChI is InChI=1S/C15H22N2O3S/c16-10-12-4-1-2-6-14(12)17-15(18)7-9-21(19)11-13-5-3-8-20-13/h1-2,4,6,13H,3,5,7-11,16H2,(H,17,18). The highest BCUT2D eigenvalue weighted by Gasteiger charge is 2.18. The molecule has 1 heterocycles. The second kappa shape index (κ2) is 8.26. The van der Waals surface area contributed by atoms with Crippen molar-refractivity contribution in [1.29, 1.82) is 0 Å². The lowest BCUT2D eigenvalue weighted by Crippen LogP contribution is -2.21. The number of para-hydroxylation sites is 1. The lowest BCUT2D eigenvalue weighted by Gasteiger charge is -2.10. The van der Waals surface area contributed by atoms with Crippen LogP contribution >= 0.6 is 0 Å². The molecular weight excluding hydrogens is 288 g/mol. The van der Waals surface area contributed by atoms with Gasteiger partial charge < -0.3 is 15.8 Å². The van der Waals surface area contributed by atoms with E-state index >= 15 is 0 Å². The fourth-order valence-corrected chi connectivity index (χ4v) is 3.56. The molecule has 5 nitrogen and oxygen atoms in total. The van der Waals surface area contributed by atoms with Gasteiger partial charge in [-0.05, 0) is 24.5 Å². The Kier molecular flexibility index (Phi) is 6.35. The highest BCUT2D eigenvalue weighted by atomic mass is 32.2. The molecule has 6 heteroatoms. The number of ether oxygens (including phenoxy) is 1. The lowest BCUT2D eigenvalue weighted by atomic mass is 10.2. The molecule has 2 unspecified atom stereocenters. The molecule has 0 spiro atoms. The highest BCUT2D eigenvalue weighted by molar-refractivity contribution is 7.85. The SMILES string of the molecule is NCc1ccccc1NC(=O)CCS(=O)CC1CCCO1. The fraction of sp³-hybridized carbons (Fsp3) is 0.533. The Hall–Kier alpha value is -1.24. The van der Waals surface area contributed by atoms with Gasteiger partial charge in [-0.25, -0.2) is 0 Å². The molecular formula is C15H22N2O3S. The molecule has 1 saturated heterocycles. The van der Waals surface area contributed by atoms with Gasteiger partial charge in [-0.15, -0.1) is 0 Å². The molecule has 0 saturated carbocycles. The van der Waals surface area contributed by atoms with Crippen molar-refractivity contribution in [3.8, 4) is 0 Å². The van der Waals surface area contributed by atoms with E-state index in [-0.39, 0.29) is 18.4 Å². The predicted molar refractivity (Wildman–Crippen MR) is 84.4 cm³/mol. The van der Waals surface area contributed by atoms with Crippen molar-refractivity contribution < 1.29 is 13.7 Å². The maximum atomic E-state index is 11.9. The number of carbonyl (C=O) groups excluding carboxylic acids is 1. The van der Waals surface area contributed by atoms with Crippen LogP contribution in [-0.4, -0.2) is 34.3 Å². The van der Waals surface area contributed by atoms with Gasteiger partial charge in [0.25, 0.3) is 0 Å². The van der Waals surface area contributed by atoms with Crippen LogP contribution in [0.15, 0.2) is 24.3 Å². The number of carbonyl (C=O) groups is 1. The molecule has 0 aromatic heterocycles. The molecule has 1 fully saturated rings. The molecule has 1 aliphatic rings. The molecule has 1 aliphatic heterocycles. The van der Waals surface area contributed by atoms with Gasteiger partial charge in [0, 0.05) is 47.6 Å². The second-order valence-corrected chi connectivity index (χ2v) is 6.73. The van der Waals surface area contributed by atoms with Crippen LogP contribution in [0.3, 0.4) is 0 Å². The zero-order valence-electron chi connectivity index (χ0n) is 12.0. The fourth-order valence-electron chi connectivity index (χ4n) is 2.31. The van der Waals surface area contributed by atoms with Crippen molar-refractivity contribution in [3.05, 3.63) is 29.8 Å². The number of amides is 1. The normalized spacial score (nSPS) is 19.4. The monoisotopic (exact) mass is 310 g/mol. The van der Waals surface area contributed by atoms with Crippen LogP contribution in [0.2, 0.25) is 0 Å².